The van der Waals surface area contributed by atoms with Crippen LogP contribution in [0.15, 0.2) is 10.6 Å². The summed E-state index contributed by atoms with van der Waals surface area (Å²) in [5, 5.41) is 23.7. The van der Waals surface area contributed by atoms with Gasteiger partial charge in [0.1, 0.15) is 5.70 Å². The van der Waals surface area contributed by atoms with Crippen LogP contribution in [0.3, 0.4) is 0 Å². The molecule has 2 heterocycles. The predicted octanol–water partition coefficient (Wildman–Crippen LogP) is 0.874. The summed E-state index contributed by atoms with van der Waals surface area (Å²) < 4.78 is 0. The highest BCUT2D eigenvalue weighted by molar-refractivity contribution is 8.03. The lowest BCUT2D eigenvalue weighted by molar-refractivity contribution is -0.163. The quantitative estimate of drug-likeness (QED) is 0.493. The minimum atomic E-state index is -1.04. The average Bonchev–Trinajstić information content (AvgIpc) is 3.05. The zero-order valence-corrected chi connectivity index (χ0v) is 16.6. The Kier molecular flexibility index (Phi) is 5.03. The fourth-order valence-electron chi connectivity index (χ4n) is 5.16. The summed E-state index contributed by atoms with van der Waals surface area (Å²) in [6, 6.07) is 1.09. The van der Waals surface area contributed by atoms with Gasteiger partial charge in [-0.15, -0.1) is 11.8 Å². The van der Waals surface area contributed by atoms with Crippen molar-refractivity contribution in [3.63, 3.8) is 0 Å². The molecule has 2 aliphatic heterocycles. The Labute approximate surface area is 163 Å². The monoisotopic (exact) mass is 395 g/mol. The molecular formula is C19H29N3O4S. The van der Waals surface area contributed by atoms with Crippen LogP contribution in [0.1, 0.15) is 46.0 Å². The van der Waals surface area contributed by atoms with Crippen LogP contribution in [-0.4, -0.2) is 62.5 Å². The lowest BCUT2D eigenvalue weighted by atomic mass is 9.79. The largest absolute Gasteiger partial charge is 0.477 e. The van der Waals surface area contributed by atoms with E-state index in [4.69, 9.17) is 5.73 Å². The maximum Gasteiger partial charge on any atom is 0.353 e. The molecule has 8 heteroatoms. The molecule has 0 spiro atoms. The Hall–Kier alpha value is -1.09. The van der Waals surface area contributed by atoms with Gasteiger partial charge in [0.15, 0.2) is 0 Å². The molecule has 1 saturated heterocycles. The van der Waals surface area contributed by atoms with Gasteiger partial charge in [-0.3, -0.25) is 4.79 Å². The highest BCUT2D eigenvalue weighted by atomic mass is 32.2. The molecule has 7 nitrogen and oxygen atoms in total. The van der Waals surface area contributed by atoms with E-state index in [1.165, 1.54) is 4.90 Å². The molecule has 3 fully saturated rings. The van der Waals surface area contributed by atoms with E-state index in [9.17, 15) is 19.8 Å². The Morgan fingerprint density at radius 1 is 1.30 bits per heavy atom. The smallest absolute Gasteiger partial charge is 0.353 e. The molecule has 150 valence electrons. The van der Waals surface area contributed by atoms with E-state index in [-0.39, 0.29) is 23.6 Å². The number of nitrogens with two attached hydrogens (primary N) is 1. The molecule has 0 unspecified atom stereocenters. The van der Waals surface area contributed by atoms with E-state index >= 15 is 0 Å². The number of hydrogen-bond donors (Lipinski definition) is 4. The van der Waals surface area contributed by atoms with Crippen molar-refractivity contribution in [3.05, 3.63) is 10.6 Å². The number of carboxylic acid groups (broad SMARTS) is 1. The van der Waals surface area contributed by atoms with E-state index in [0.717, 1.165) is 37.0 Å². The Morgan fingerprint density at radius 2 is 2.00 bits per heavy atom. The number of fused-ring (bicyclic) bond motifs is 1. The molecule has 0 aromatic carbocycles. The summed E-state index contributed by atoms with van der Waals surface area (Å²) in [5.74, 6) is -1.84. The third-order valence-electron chi connectivity index (χ3n) is 6.64. The summed E-state index contributed by atoms with van der Waals surface area (Å²) in [4.78, 5) is 26.4. The number of nitrogens with zero attached hydrogens (tertiary/aromatic N) is 1. The van der Waals surface area contributed by atoms with E-state index in [1.807, 2.05) is 6.92 Å². The van der Waals surface area contributed by atoms with Gasteiger partial charge in [-0.05, 0) is 39.0 Å². The second-order valence-electron chi connectivity index (χ2n) is 8.62. The molecule has 27 heavy (non-hydrogen) atoms. The van der Waals surface area contributed by atoms with Gasteiger partial charge in [-0.1, -0.05) is 6.92 Å². The summed E-state index contributed by atoms with van der Waals surface area (Å²) >= 11 is 1.62. The Bertz CT molecular complexity index is 676. The van der Waals surface area contributed by atoms with Crippen LogP contribution in [0.2, 0.25) is 0 Å². The van der Waals surface area contributed by atoms with Gasteiger partial charge in [0, 0.05) is 34.2 Å². The third kappa shape index (κ3) is 3.20. The van der Waals surface area contributed by atoms with Crippen LogP contribution < -0.4 is 11.1 Å². The average molecular weight is 396 g/mol. The van der Waals surface area contributed by atoms with Gasteiger partial charge >= 0.3 is 5.97 Å². The number of carbonyl (C=O) groups is 2. The molecule has 4 aliphatic rings. The summed E-state index contributed by atoms with van der Waals surface area (Å²) in [7, 11) is 0. The van der Waals surface area contributed by atoms with Crippen LogP contribution in [0.4, 0.5) is 0 Å². The third-order valence-corrected chi connectivity index (χ3v) is 8.18. The van der Waals surface area contributed by atoms with Crippen molar-refractivity contribution in [1.29, 1.82) is 0 Å². The number of aliphatic hydroxyl groups is 1. The molecule has 0 bridgehead atoms. The first kappa shape index (κ1) is 19.2. The van der Waals surface area contributed by atoms with Crippen LogP contribution in [0.25, 0.3) is 0 Å². The Balaban J connectivity index is 1.39. The molecule has 2 aliphatic carbocycles. The molecule has 4 rings (SSSR count). The van der Waals surface area contributed by atoms with E-state index in [2.05, 4.69) is 5.32 Å². The molecular weight excluding hydrogens is 366 g/mol. The van der Waals surface area contributed by atoms with Gasteiger partial charge in [0.05, 0.1) is 18.1 Å². The number of amides is 1. The fraction of sp³-hybridized carbons (Fsp3) is 0.789. The van der Waals surface area contributed by atoms with E-state index in [0.29, 0.717) is 23.4 Å². The molecule has 5 N–H and O–H groups in total. The van der Waals surface area contributed by atoms with Gasteiger partial charge in [-0.2, -0.15) is 0 Å². The topological polar surface area (TPSA) is 116 Å². The first-order valence-electron chi connectivity index (χ1n) is 9.94. The van der Waals surface area contributed by atoms with Crippen molar-refractivity contribution >= 4 is 23.6 Å². The second-order valence-corrected chi connectivity index (χ2v) is 9.96. The van der Waals surface area contributed by atoms with E-state index in [1.54, 1.807) is 18.7 Å². The second kappa shape index (κ2) is 7.06. The standard InChI is InChI=1S/C19H29N3O4S/c1-8-15-14(9(2)23)18(24)22(15)16(19(25)26)17(8)27-13-6-12(7-13)21-11-4-3-10(20)5-11/h8-15,21,23H,3-7,20H2,1-2H3,(H,25,26)/t8-,9-,10-,11-,12?,13?,14-,15-/m1/s1. The van der Waals surface area contributed by atoms with Gasteiger partial charge in [-0.25, -0.2) is 4.79 Å². The maximum absolute atomic E-state index is 12.4. The molecule has 0 radical (unpaired) electrons. The number of nitrogens with one attached hydrogen (secondary N) is 1. The van der Waals surface area contributed by atoms with Gasteiger partial charge in [0.2, 0.25) is 5.91 Å². The van der Waals surface area contributed by atoms with Crippen molar-refractivity contribution in [2.75, 3.05) is 0 Å². The number of rotatable bonds is 6. The SMILES string of the molecule is C[C@@H](O)[C@H]1C(=O)N2C(C(=O)O)=C(SC3CC(N[C@@H]4CC[C@@H](N)C4)C3)[C@H](C)[C@H]12. The van der Waals surface area contributed by atoms with Gasteiger partial charge < -0.3 is 26.2 Å². The summed E-state index contributed by atoms with van der Waals surface area (Å²) in [6.07, 6.45) is 4.54. The number of aliphatic hydroxyl groups excluding tert-OH is 1. The maximum atomic E-state index is 12.4. The van der Waals surface area contributed by atoms with Crippen LogP contribution >= 0.6 is 11.8 Å². The number of carbonyl (C=O) groups excluding carboxylic acids is 1. The van der Waals surface area contributed by atoms with Crippen LogP contribution in [0.5, 0.6) is 0 Å². The van der Waals surface area contributed by atoms with Crippen LogP contribution in [0, 0.1) is 11.8 Å². The normalized spacial score (nSPS) is 42.0. The number of β-lactam (4-membered cyclic amide) rings is 1. The van der Waals surface area contributed by atoms with Crippen LogP contribution in [-0.2, 0) is 9.59 Å². The first-order valence-corrected chi connectivity index (χ1v) is 10.8. The highest BCUT2D eigenvalue weighted by Gasteiger charge is 2.60. The lowest BCUT2D eigenvalue weighted by Gasteiger charge is -2.46. The van der Waals surface area contributed by atoms with Crippen molar-refractivity contribution in [3.8, 4) is 0 Å². The minimum absolute atomic E-state index is 0.0433. The number of carboxylic acids is 1. The fourth-order valence-corrected chi connectivity index (χ4v) is 6.82. The zero-order chi connectivity index (χ0) is 19.5. The molecule has 0 aromatic heterocycles. The molecule has 6 atom stereocenters. The van der Waals surface area contributed by atoms with E-state index < -0.39 is 18.0 Å². The number of aliphatic carboxylic acids is 1. The molecule has 0 aromatic rings. The zero-order valence-electron chi connectivity index (χ0n) is 15.8. The number of hydrogen-bond acceptors (Lipinski definition) is 6. The predicted molar refractivity (Wildman–Crippen MR) is 103 cm³/mol. The molecule has 1 amide bonds. The molecule has 2 saturated carbocycles. The van der Waals surface area contributed by atoms with Crippen molar-refractivity contribution in [2.24, 2.45) is 17.6 Å². The minimum Gasteiger partial charge on any atom is -0.477 e. The summed E-state index contributed by atoms with van der Waals surface area (Å²) in [5.41, 5.74) is 6.11. The van der Waals surface area contributed by atoms with Crippen molar-refractivity contribution in [1.82, 2.24) is 10.2 Å². The number of thioether (sulfide) groups is 1. The highest BCUT2D eigenvalue weighted by Crippen LogP contribution is 2.53. The summed E-state index contributed by atoms with van der Waals surface area (Å²) in [6.45, 7) is 3.58. The van der Waals surface area contributed by atoms with Gasteiger partial charge in [0.25, 0.3) is 0 Å². The lowest BCUT2D eigenvalue weighted by Crippen LogP contribution is -2.63. The van der Waals surface area contributed by atoms with Crippen molar-refractivity contribution in [2.45, 2.75) is 81.5 Å². The first-order chi connectivity index (χ1) is 12.8. The van der Waals surface area contributed by atoms with Crippen molar-refractivity contribution < 1.29 is 19.8 Å². The Morgan fingerprint density at radius 3 is 2.56 bits per heavy atom.